The van der Waals surface area contributed by atoms with Crippen LogP contribution < -0.4 is 0 Å². The van der Waals surface area contributed by atoms with E-state index < -0.39 is 41.1 Å². The van der Waals surface area contributed by atoms with Crippen molar-refractivity contribution in [3.63, 3.8) is 0 Å². The van der Waals surface area contributed by atoms with Crippen LogP contribution in [0.3, 0.4) is 0 Å². The molecule has 0 heterocycles. The van der Waals surface area contributed by atoms with Crippen LogP contribution in [0, 0.1) is 5.92 Å². The van der Waals surface area contributed by atoms with Crippen molar-refractivity contribution in [2.75, 3.05) is 0 Å². The molecule has 118 valence electrons. The van der Waals surface area contributed by atoms with Crippen molar-refractivity contribution < 1.29 is 31.1 Å². The molecule has 7 heteroatoms. The molecule has 0 aliphatic carbocycles. The van der Waals surface area contributed by atoms with Gasteiger partial charge in [-0.3, -0.25) is 4.79 Å². The summed E-state index contributed by atoms with van der Waals surface area (Å²) in [5.41, 5.74) is -3.10. The van der Waals surface area contributed by atoms with E-state index >= 15 is 0 Å². The number of carbonyl (C=O) groups is 1. The highest BCUT2D eigenvalue weighted by Gasteiger charge is 2.37. The summed E-state index contributed by atoms with van der Waals surface area (Å²) in [5, 5.41) is 0. The zero-order valence-corrected chi connectivity index (χ0v) is 11.6. The van der Waals surface area contributed by atoms with Gasteiger partial charge < -0.3 is 0 Å². The first-order chi connectivity index (χ1) is 9.34. The fourth-order valence-electron chi connectivity index (χ4n) is 1.89. The van der Waals surface area contributed by atoms with Gasteiger partial charge in [0.1, 0.15) is 5.78 Å². The van der Waals surface area contributed by atoms with Gasteiger partial charge in [-0.05, 0) is 23.8 Å². The van der Waals surface area contributed by atoms with Crippen LogP contribution in [0.2, 0.25) is 0 Å². The van der Waals surface area contributed by atoms with E-state index in [1.165, 1.54) is 20.8 Å². The zero-order valence-electron chi connectivity index (χ0n) is 11.6. The largest absolute Gasteiger partial charge is 0.416 e. The average molecular weight is 312 g/mol. The molecule has 1 atom stereocenters. The number of rotatable bonds is 3. The predicted molar refractivity (Wildman–Crippen MR) is 64.7 cm³/mol. The maximum atomic E-state index is 12.7. The van der Waals surface area contributed by atoms with Gasteiger partial charge in [0.2, 0.25) is 0 Å². The molecule has 0 bridgehead atoms. The van der Waals surface area contributed by atoms with Crippen molar-refractivity contribution in [1.29, 1.82) is 0 Å². The second kappa shape index (κ2) is 5.69. The van der Waals surface area contributed by atoms with Crippen LogP contribution >= 0.6 is 0 Å². The molecular weight excluding hydrogens is 298 g/mol. The Hall–Kier alpha value is -1.53. The smallest absolute Gasteiger partial charge is 0.299 e. The van der Waals surface area contributed by atoms with Gasteiger partial charge in [-0.25, -0.2) is 0 Å². The van der Waals surface area contributed by atoms with Crippen LogP contribution in [0.5, 0.6) is 0 Å². The molecule has 0 saturated carbocycles. The minimum atomic E-state index is -4.91. The lowest BCUT2D eigenvalue weighted by Gasteiger charge is -2.18. The molecule has 0 fully saturated rings. The third kappa shape index (κ3) is 4.22. The standard InChI is InChI=1S/C14H14F6O/c1-7(2)12(21)8(3)9-4-10(13(15,16)17)6-11(5-9)14(18,19)20/h4-8H,1-3H3. The van der Waals surface area contributed by atoms with Crippen molar-refractivity contribution in [3.8, 4) is 0 Å². The minimum Gasteiger partial charge on any atom is -0.299 e. The van der Waals surface area contributed by atoms with Crippen LogP contribution in [0.4, 0.5) is 26.3 Å². The summed E-state index contributed by atoms with van der Waals surface area (Å²) in [6.45, 7) is 4.38. The molecule has 0 aromatic heterocycles. The topological polar surface area (TPSA) is 17.1 Å². The highest BCUT2D eigenvalue weighted by molar-refractivity contribution is 5.87. The van der Waals surface area contributed by atoms with Crippen LogP contribution in [-0.2, 0) is 17.1 Å². The first-order valence-electron chi connectivity index (χ1n) is 6.17. The Morgan fingerprint density at radius 1 is 0.857 bits per heavy atom. The number of benzene rings is 1. The monoisotopic (exact) mass is 312 g/mol. The number of hydrogen-bond donors (Lipinski definition) is 0. The van der Waals surface area contributed by atoms with Crippen LogP contribution in [-0.4, -0.2) is 5.78 Å². The Morgan fingerprint density at radius 3 is 1.52 bits per heavy atom. The molecule has 0 spiro atoms. The normalized spacial score (nSPS) is 14.4. The Bertz CT molecular complexity index is 495. The first kappa shape index (κ1) is 17.5. The summed E-state index contributed by atoms with van der Waals surface area (Å²) in [4.78, 5) is 11.8. The number of halogens is 6. The summed E-state index contributed by atoms with van der Waals surface area (Å²) in [5.74, 6) is -1.93. The molecule has 21 heavy (non-hydrogen) atoms. The van der Waals surface area contributed by atoms with Crippen molar-refractivity contribution in [2.45, 2.75) is 39.0 Å². The number of Topliss-reactive ketones (excluding diaryl/α,β-unsaturated/α-hetero) is 1. The van der Waals surface area contributed by atoms with Gasteiger partial charge in [0, 0.05) is 11.8 Å². The van der Waals surface area contributed by atoms with Crippen molar-refractivity contribution in [3.05, 3.63) is 34.9 Å². The van der Waals surface area contributed by atoms with Crippen LogP contribution in [0.15, 0.2) is 18.2 Å². The highest BCUT2D eigenvalue weighted by atomic mass is 19.4. The van der Waals surface area contributed by atoms with Gasteiger partial charge in [-0.1, -0.05) is 20.8 Å². The third-order valence-electron chi connectivity index (χ3n) is 3.11. The van der Waals surface area contributed by atoms with Gasteiger partial charge >= 0.3 is 12.4 Å². The van der Waals surface area contributed by atoms with E-state index in [4.69, 9.17) is 0 Å². The Labute approximate surface area is 118 Å². The molecule has 0 N–H and O–H groups in total. The maximum absolute atomic E-state index is 12.7. The predicted octanol–water partition coefficient (Wildman–Crippen LogP) is 5.05. The SMILES string of the molecule is CC(C)C(=O)C(C)c1cc(C(F)(F)F)cc(C(F)(F)F)c1. The van der Waals surface area contributed by atoms with Crippen LogP contribution in [0.1, 0.15) is 43.4 Å². The molecule has 0 aliphatic heterocycles. The molecule has 0 aliphatic rings. The average Bonchev–Trinajstić information content (AvgIpc) is 2.34. The molecule has 1 nitrogen and oxygen atoms in total. The van der Waals surface area contributed by atoms with E-state index in [9.17, 15) is 31.1 Å². The van der Waals surface area contributed by atoms with Crippen molar-refractivity contribution in [2.24, 2.45) is 5.92 Å². The molecular formula is C14H14F6O. The van der Waals surface area contributed by atoms with Gasteiger partial charge in [-0.2, -0.15) is 26.3 Å². The fourth-order valence-corrected chi connectivity index (χ4v) is 1.89. The van der Waals surface area contributed by atoms with Crippen LogP contribution in [0.25, 0.3) is 0 Å². The van der Waals surface area contributed by atoms with Gasteiger partial charge in [0.05, 0.1) is 11.1 Å². The molecule has 1 aromatic carbocycles. The molecule has 0 amide bonds. The van der Waals surface area contributed by atoms with E-state index in [2.05, 4.69) is 0 Å². The first-order valence-corrected chi connectivity index (χ1v) is 6.17. The Morgan fingerprint density at radius 2 is 1.24 bits per heavy atom. The van der Waals surface area contributed by atoms with E-state index in [1.807, 2.05) is 0 Å². The van der Waals surface area contributed by atoms with E-state index in [1.54, 1.807) is 0 Å². The second-order valence-electron chi connectivity index (χ2n) is 5.12. The van der Waals surface area contributed by atoms with E-state index in [-0.39, 0.29) is 11.6 Å². The summed E-state index contributed by atoms with van der Waals surface area (Å²) in [7, 11) is 0. The summed E-state index contributed by atoms with van der Waals surface area (Å²) in [6, 6.07) is 1.25. The summed E-state index contributed by atoms with van der Waals surface area (Å²) < 4.78 is 76.2. The number of carbonyl (C=O) groups excluding carboxylic acids is 1. The number of alkyl halides is 6. The van der Waals surface area contributed by atoms with Gasteiger partial charge in [0.25, 0.3) is 0 Å². The summed E-state index contributed by atoms with van der Waals surface area (Å²) in [6.07, 6.45) is -9.81. The molecule has 1 unspecified atom stereocenters. The lowest BCUT2D eigenvalue weighted by molar-refractivity contribution is -0.143. The molecule has 1 aromatic rings. The molecule has 1 rings (SSSR count). The zero-order chi connectivity index (χ0) is 16.6. The van der Waals surface area contributed by atoms with Gasteiger partial charge in [0.15, 0.2) is 0 Å². The minimum absolute atomic E-state index is 0.0517. The summed E-state index contributed by atoms with van der Waals surface area (Å²) >= 11 is 0. The van der Waals surface area contributed by atoms with E-state index in [0.717, 1.165) is 0 Å². The maximum Gasteiger partial charge on any atom is 0.416 e. The van der Waals surface area contributed by atoms with Gasteiger partial charge in [-0.15, -0.1) is 0 Å². The Kier molecular flexibility index (Phi) is 4.75. The lowest BCUT2D eigenvalue weighted by Crippen LogP contribution is -2.18. The van der Waals surface area contributed by atoms with E-state index in [0.29, 0.717) is 12.1 Å². The van der Waals surface area contributed by atoms with Crippen molar-refractivity contribution >= 4 is 5.78 Å². The van der Waals surface area contributed by atoms with Crippen molar-refractivity contribution in [1.82, 2.24) is 0 Å². The fraction of sp³-hybridized carbons (Fsp3) is 0.500. The number of hydrogen-bond acceptors (Lipinski definition) is 1. The second-order valence-corrected chi connectivity index (χ2v) is 5.12. The lowest BCUT2D eigenvalue weighted by atomic mass is 9.88. The third-order valence-corrected chi connectivity index (χ3v) is 3.11. The Balaban J connectivity index is 3.42. The molecule has 0 radical (unpaired) electrons. The number of ketones is 1. The molecule has 0 saturated heterocycles. The highest BCUT2D eigenvalue weighted by Crippen LogP contribution is 2.38. The quantitative estimate of drug-likeness (QED) is 0.714.